The molecule has 3 nitrogen and oxygen atoms in total. The summed E-state index contributed by atoms with van der Waals surface area (Å²) in [6.45, 7) is 4.52. The van der Waals surface area contributed by atoms with E-state index < -0.39 is 0 Å². The molecule has 1 aliphatic rings. The lowest BCUT2D eigenvalue weighted by Crippen LogP contribution is -2.25. The number of benzene rings is 1. The molecule has 2 rings (SSSR count). The summed E-state index contributed by atoms with van der Waals surface area (Å²) in [5, 5.41) is 9.65. The van der Waals surface area contributed by atoms with Crippen molar-refractivity contribution in [3.8, 4) is 11.5 Å². The van der Waals surface area contributed by atoms with Gasteiger partial charge in [-0.15, -0.1) is 0 Å². The maximum Gasteiger partial charge on any atom is 0.199 e. The van der Waals surface area contributed by atoms with Gasteiger partial charge in [-0.25, -0.2) is 0 Å². The first kappa shape index (κ1) is 11.3. The number of phenolic OH excluding ortho intramolecular Hbond substituents is 1. The molecule has 0 amide bonds. The molecule has 1 fully saturated rings. The fraction of sp³-hybridized carbons (Fsp3) is 0.538. The third-order valence-electron chi connectivity index (χ3n) is 2.87. The van der Waals surface area contributed by atoms with Gasteiger partial charge in [0.2, 0.25) is 0 Å². The molecule has 0 aliphatic carbocycles. The van der Waals surface area contributed by atoms with Crippen LogP contribution in [0.5, 0.6) is 11.5 Å². The van der Waals surface area contributed by atoms with Crippen molar-refractivity contribution < 1.29 is 14.6 Å². The monoisotopic (exact) mass is 222 g/mol. The smallest absolute Gasteiger partial charge is 0.199 e. The van der Waals surface area contributed by atoms with E-state index in [1.807, 2.05) is 26.0 Å². The fourth-order valence-corrected chi connectivity index (χ4v) is 1.94. The van der Waals surface area contributed by atoms with Gasteiger partial charge in [-0.05, 0) is 49.9 Å². The second-order valence-electron chi connectivity index (χ2n) is 4.32. The molecular weight excluding hydrogens is 204 g/mol. The molecule has 1 atom stereocenters. The molecule has 1 aliphatic heterocycles. The van der Waals surface area contributed by atoms with Crippen molar-refractivity contribution in [3.63, 3.8) is 0 Å². The predicted octanol–water partition coefficient (Wildman–Crippen LogP) is 2.91. The van der Waals surface area contributed by atoms with Crippen LogP contribution in [0.4, 0.5) is 0 Å². The van der Waals surface area contributed by atoms with Crippen LogP contribution in [-0.4, -0.2) is 18.0 Å². The van der Waals surface area contributed by atoms with Crippen LogP contribution in [0.2, 0.25) is 0 Å². The number of aryl methyl sites for hydroxylation is 2. The Hall–Kier alpha value is -1.22. The summed E-state index contributed by atoms with van der Waals surface area (Å²) in [5.74, 6) is 1.12. The van der Waals surface area contributed by atoms with Crippen molar-refractivity contribution >= 4 is 0 Å². The van der Waals surface area contributed by atoms with E-state index in [0.717, 1.165) is 42.7 Å². The zero-order valence-electron chi connectivity index (χ0n) is 9.82. The second-order valence-corrected chi connectivity index (χ2v) is 4.32. The Morgan fingerprint density at radius 3 is 2.50 bits per heavy atom. The van der Waals surface area contributed by atoms with Gasteiger partial charge in [0.1, 0.15) is 11.5 Å². The molecule has 1 N–H and O–H groups in total. The number of aromatic hydroxyl groups is 1. The molecule has 1 saturated heterocycles. The molecule has 1 aromatic rings. The Kier molecular flexibility index (Phi) is 3.34. The van der Waals surface area contributed by atoms with Crippen LogP contribution in [0.3, 0.4) is 0 Å². The number of hydrogen-bond acceptors (Lipinski definition) is 3. The Balaban J connectivity index is 2.09. The number of rotatable bonds is 2. The quantitative estimate of drug-likeness (QED) is 0.836. The summed E-state index contributed by atoms with van der Waals surface area (Å²) in [4.78, 5) is 0. The summed E-state index contributed by atoms with van der Waals surface area (Å²) >= 11 is 0. The average molecular weight is 222 g/mol. The van der Waals surface area contributed by atoms with E-state index in [1.54, 1.807) is 0 Å². The fourth-order valence-electron chi connectivity index (χ4n) is 1.94. The number of hydrogen-bond donors (Lipinski definition) is 1. The molecule has 1 unspecified atom stereocenters. The lowest BCUT2D eigenvalue weighted by Gasteiger charge is -2.23. The van der Waals surface area contributed by atoms with Gasteiger partial charge >= 0.3 is 0 Å². The second kappa shape index (κ2) is 4.74. The molecule has 88 valence electrons. The zero-order valence-corrected chi connectivity index (χ0v) is 9.82. The maximum absolute atomic E-state index is 9.65. The van der Waals surface area contributed by atoms with E-state index in [-0.39, 0.29) is 6.29 Å². The minimum Gasteiger partial charge on any atom is -0.507 e. The third kappa shape index (κ3) is 2.47. The first-order valence-electron chi connectivity index (χ1n) is 5.75. The third-order valence-corrected chi connectivity index (χ3v) is 2.87. The highest BCUT2D eigenvalue weighted by atomic mass is 16.7. The van der Waals surface area contributed by atoms with Crippen molar-refractivity contribution in [2.24, 2.45) is 0 Å². The topological polar surface area (TPSA) is 38.7 Å². The zero-order chi connectivity index (χ0) is 11.5. The Bertz CT molecular complexity index is 344. The van der Waals surface area contributed by atoms with Gasteiger partial charge in [-0.3, -0.25) is 0 Å². The van der Waals surface area contributed by atoms with Crippen LogP contribution in [0.15, 0.2) is 12.1 Å². The van der Waals surface area contributed by atoms with Crippen molar-refractivity contribution in [1.29, 1.82) is 0 Å². The van der Waals surface area contributed by atoms with Gasteiger partial charge in [0.25, 0.3) is 0 Å². The molecule has 0 bridgehead atoms. The van der Waals surface area contributed by atoms with E-state index in [4.69, 9.17) is 9.47 Å². The van der Waals surface area contributed by atoms with Crippen LogP contribution in [-0.2, 0) is 4.74 Å². The molecule has 1 aromatic carbocycles. The van der Waals surface area contributed by atoms with E-state index in [9.17, 15) is 5.11 Å². The van der Waals surface area contributed by atoms with Crippen molar-refractivity contribution in [1.82, 2.24) is 0 Å². The SMILES string of the molecule is Cc1cc(OC2CCCCO2)cc(C)c1O. The van der Waals surface area contributed by atoms with Crippen LogP contribution in [0, 0.1) is 13.8 Å². The number of ether oxygens (including phenoxy) is 2. The number of phenols is 1. The van der Waals surface area contributed by atoms with Gasteiger partial charge in [-0.2, -0.15) is 0 Å². The standard InChI is InChI=1S/C13H18O3/c1-9-7-11(8-10(2)13(9)14)16-12-5-3-4-6-15-12/h7-8,12,14H,3-6H2,1-2H3. The lowest BCUT2D eigenvalue weighted by molar-refractivity contribution is -0.105. The maximum atomic E-state index is 9.65. The molecule has 1 heterocycles. The first-order valence-corrected chi connectivity index (χ1v) is 5.75. The highest BCUT2D eigenvalue weighted by Crippen LogP contribution is 2.28. The van der Waals surface area contributed by atoms with E-state index in [2.05, 4.69) is 0 Å². The van der Waals surface area contributed by atoms with Gasteiger partial charge in [0, 0.05) is 6.42 Å². The van der Waals surface area contributed by atoms with Crippen LogP contribution >= 0.6 is 0 Å². The predicted molar refractivity (Wildman–Crippen MR) is 61.8 cm³/mol. The Labute approximate surface area is 96.0 Å². The van der Waals surface area contributed by atoms with E-state index >= 15 is 0 Å². The molecule has 16 heavy (non-hydrogen) atoms. The van der Waals surface area contributed by atoms with Crippen molar-refractivity contribution in [3.05, 3.63) is 23.3 Å². The molecule has 0 spiro atoms. The summed E-state index contributed by atoms with van der Waals surface area (Å²) in [6.07, 6.45) is 3.09. The molecule has 0 radical (unpaired) electrons. The Morgan fingerprint density at radius 1 is 1.25 bits per heavy atom. The van der Waals surface area contributed by atoms with Crippen LogP contribution in [0.25, 0.3) is 0 Å². The molecular formula is C13H18O3. The lowest BCUT2D eigenvalue weighted by atomic mass is 10.1. The normalized spacial score (nSPS) is 20.8. The summed E-state index contributed by atoms with van der Waals surface area (Å²) in [5.41, 5.74) is 1.68. The molecule has 0 aromatic heterocycles. The van der Waals surface area contributed by atoms with Gasteiger partial charge in [0.15, 0.2) is 6.29 Å². The van der Waals surface area contributed by atoms with Crippen LogP contribution < -0.4 is 4.74 Å². The van der Waals surface area contributed by atoms with E-state index in [1.165, 1.54) is 0 Å². The molecule has 3 heteroatoms. The van der Waals surface area contributed by atoms with Crippen molar-refractivity contribution in [2.45, 2.75) is 39.4 Å². The first-order chi connectivity index (χ1) is 7.66. The van der Waals surface area contributed by atoms with Crippen LogP contribution in [0.1, 0.15) is 30.4 Å². The highest BCUT2D eigenvalue weighted by molar-refractivity contribution is 5.44. The Morgan fingerprint density at radius 2 is 1.94 bits per heavy atom. The highest BCUT2D eigenvalue weighted by Gasteiger charge is 2.16. The van der Waals surface area contributed by atoms with E-state index in [0.29, 0.717) is 5.75 Å². The van der Waals surface area contributed by atoms with Gasteiger partial charge < -0.3 is 14.6 Å². The summed E-state index contributed by atoms with van der Waals surface area (Å²) in [7, 11) is 0. The largest absolute Gasteiger partial charge is 0.507 e. The average Bonchev–Trinajstić information content (AvgIpc) is 2.27. The van der Waals surface area contributed by atoms with Gasteiger partial charge in [-0.1, -0.05) is 0 Å². The minimum atomic E-state index is -0.128. The van der Waals surface area contributed by atoms with Gasteiger partial charge in [0.05, 0.1) is 6.61 Å². The summed E-state index contributed by atoms with van der Waals surface area (Å²) in [6, 6.07) is 3.70. The molecule has 0 saturated carbocycles. The summed E-state index contributed by atoms with van der Waals surface area (Å²) < 4.78 is 11.2. The minimum absolute atomic E-state index is 0.128. The van der Waals surface area contributed by atoms with Crippen molar-refractivity contribution in [2.75, 3.05) is 6.61 Å².